The van der Waals surface area contributed by atoms with Gasteiger partial charge in [0.05, 0.1) is 23.3 Å². The molecular weight excluding hydrogens is 845 g/mol. The van der Waals surface area contributed by atoms with Gasteiger partial charge in [-0.1, -0.05) is 260 Å². The average molecular weight is 911 g/mol. The van der Waals surface area contributed by atoms with Crippen LogP contribution >= 0.6 is 0 Å². The second kappa shape index (κ2) is 25.2. The van der Waals surface area contributed by atoms with E-state index >= 15 is 0 Å². The van der Waals surface area contributed by atoms with Gasteiger partial charge in [0.25, 0.3) is 0 Å². The molecule has 0 saturated heterocycles. The number of hydrogen-bond acceptors (Lipinski definition) is 2. The van der Waals surface area contributed by atoms with Crippen molar-refractivity contribution in [2.24, 2.45) is 0 Å². The Balaban J connectivity index is 0.926. The smallest absolute Gasteiger partial charge is 0.0998 e. The molecule has 0 heterocycles. The molecule has 0 aromatic heterocycles. The van der Waals surface area contributed by atoms with Gasteiger partial charge < -0.3 is 0 Å². The first-order valence-electron chi connectivity index (χ1n) is 25.9. The van der Waals surface area contributed by atoms with Crippen LogP contribution < -0.4 is 0 Å². The van der Waals surface area contributed by atoms with Crippen LogP contribution in [0, 0.1) is 22.7 Å². The van der Waals surface area contributed by atoms with E-state index in [9.17, 15) is 10.5 Å². The summed E-state index contributed by atoms with van der Waals surface area (Å²) in [5.41, 5.74) is 17.1. The van der Waals surface area contributed by atoms with Crippen LogP contribution in [0.2, 0.25) is 0 Å². The van der Waals surface area contributed by atoms with Crippen LogP contribution in [0.25, 0.3) is 78.6 Å². The van der Waals surface area contributed by atoms with E-state index in [1.54, 1.807) is 0 Å². The van der Waals surface area contributed by atoms with E-state index in [1.807, 2.05) is 12.2 Å². The number of rotatable bonds is 22. The third-order valence-electron chi connectivity index (χ3n) is 13.8. The molecular formula is C68H66N2. The van der Waals surface area contributed by atoms with Crippen molar-refractivity contribution in [1.82, 2.24) is 0 Å². The Bertz CT molecular complexity index is 2850. The first-order chi connectivity index (χ1) is 34.5. The molecule has 0 aliphatic carbocycles. The van der Waals surface area contributed by atoms with Crippen LogP contribution in [0.4, 0.5) is 0 Å². The summed E-state index contributed by atoms with van der Waals surface area (Å²) in [6, 6.07) is 69.5. The van der Waals surface area contributed by atoms with Gasteiger partial charge in [0.1, 0.15) is 0 Å². The van der Waals surface area contributed by atoms with Crippen molar-refractivity contribution in [1.29, 1.82) is 10.5 Å². The zero-order valence-corrected chi connectivity index (χ0v) is 41.3. The lowest BCUT2D eigenvalue weighted by atomic mass is 9.90. The molecule has 0 unspecified atom stereocenters. The zero-order chi connectivity index (χ0) is 48.3. The van der Waals surface area contributed by atoms with Crippen LogP contribution in [0.3, 0.4) is 0 Å². The highest BCUT2D eigenvalue weighted by molar-refractivity contribution is 6.06. The maximum atomic E-state index is 10.3. The van der Waals surface area contributed by atoms with E-state index in [2.05, 4.69) is 208 Å². The molecule has 348 valence electrons. The highest BCUT2D eigenvalue weighted by Crippen LogP contribution is 2.37. The molecule has 0 bridgehead atoms. The van der Waals surface area contributed by atoms with Crippen LogP contribution in [0.15, 0.2) is 182 Å². The number of nitriles is 2. The molecule has 0 atom stereocenters. The number of allylic oxidation sites excluding steroid dienone is 2. The number of unbranched alkanes of at least 4 members (excludes halogenated alkanes) is 10. The SMILES string of the molecule is CCCCCCCCc1ccc(-c2ccc(/C(C#N)=C/c3ccc(-c4cccc5cccc(-c6ccc(/C=C(/C#N)c7ccc(-c8ccc(CCCCCCCC)cc8)cc7)cc6)c45)cc3)cc2)cc1. The Morgan fingerprint density at radius 1 is 0.357 bits per heavy atom. The molecule has 0 N–H and O–H groups in total. The third-order valence-corrected chi connectivity index (χ3v) is 13.8. The van der Waals surface area contributed by atoms with Crippen LogP contribution in [-0.4, -0.2) is 0 Å². The van der Waals surface area contributed by atoms with Crippen LogP contribution in [0.5, 0.6) is 0 Å². The van der Waals surface area contributed by atoms with Gasteiger partial charge in [-0.05, 0) is 126 Å². The summed E-state index contributed by atoms with van der Waals surface area (Å²) < 4.78 is 0. The van der Waals surface area contributed by atoms with E-state index in [1.165, 1.54) is 110 Å². The summed E-state index contributed by atoms with van der Waals surface area (Å²) in [5.74, 6) is 0. The molecule has 0 aliphatic rings. The lowest BCUT2D eigenvalue weighted by molar-refractivity contribution is 0.607. The van der Waals surface area contributed by atoms with Gasteiger partial charge in [0, 0.05) is 0 Å². The lowest BCUT2D eigenvalue weighted by Crippen LogP contribution is -1.88. The second-order valence-corrected chi connectivity index (χ2v) is 18.9. The Labute approximate surface area is 418 Å². The normalized spacial score (nSPS) is 11.7. The molecule has 2 nitrogen and oxygen atoms in total. The maximum absolute atomic E-state index is 10.3. The molecule has 0 saturated carbocycles. The predicted molar refractivity (Wildman–Crippen MR) is 300 cm³/mol. The first kappa shape index (κ1) is 48.9. The van der Waals surface area contributed by atoms with E-state index < -0.39 is 0 Å². The molecule has 0 fully saturated rings. The predicted octanol–water partition coefficient (Wildman–Crippen LogP) is 19.4. The van der Waals surface area contributed by atoms with Crippen molar-refractivity contribution >= 4 is 34.1 Å². The number of benzene rings is 8. The monoisotopic (exact) mass is 911 g/mol. The van der Waals surface area contributed by atoms with Crippen molar-refractivity contribution in [2.75, 3.05) is 0 Å². The van der Waals surface area contributed by atoms with Gasteiger partial charge in [0.15, 0.2) is 0 Å². The van der Waals surface area contributed by atoms with Gasteiger partial charge in [-0.2, -0.15) is 10.5 Å². The molecule has 8 aromatic rings. The van der Waals surface area contributed by atoms with E-state index in [0.29, 0.717) is 11.1 Å². The van der Waals surface area contributed by atoms with Gasteiger partial charge in [-0.3, -0.25) is 0 Å². The molecule has 0 aliphatic heterocycles. The largest absolute Gasteiger partial charge is 0.192 e. The summed E-state index contributed by atoms with van der Waals surface area (Å²) in [5, 5.41) is 22.9. The topological polar surface area (TPSA) is 47.6 Å². The minimum Gasteiger partial charge on any atom is -0.192 e. The summed E-state index contributed by atoms with van der Waals surface area (Å²) in [6.07, 6.45) is 22.0. The Hall–Kier alpha value is -7.52. The Kier molecular flexibility index (Phi) is 17.6. The summed E-state index contributed by atoms with van der Waals surface area (Å²) in [6.45, 7) is 4.53. The standard InChI is InChI=1S/C68H66N2/c1-3-5-7-9-11-13-17-51-23-31-55(32-24-51)57-39-43-59(44-40-57)64(49-69)47-53-27-35-61(36-28-53)66-21-15-19-63-20-16-22-67(68(63)66)62-37-29-54(30-38-62)48-65(50-70)60-45-41-58(42-46-60)56-33-25-52(26-34-56)18-14-12-10-8-6-4-2/h15-16,19-48H,3-14,17-18H2,1-2H3/b64-47-,65-48+. The molecule has 0 spiro atoms. The van der Waals surface area contributed by atoms with Crippen molar-refractivity contribution in [3.63, 3.8) is 0 Å². The Morgan fingerprint density at radius 3 is 1.04 bits per heavy atom. The van der Waals surface area contributed by atoms with Crippen molar-refractivity contribution in [3.8, 4) is 56.6 Å². The summed E-state index contributed by atoms with van der Waals surface area (Å²) in [4.78, 5) is 0. The first-order valence-corrected chi connectivity index (χ1v) is 25.9. The van der Waals surface area contributed by atoms with E-state index in [4.69, 9.17) is 0 Å². The summed E-state index contributed by atoms with van der Waals surface area (Å²) >= 11 is 0. The molecule has 0 amide bonds. The molecule has 8 aromatic carbocycles. The van der Waals surface area contributed by atoms with Crippen LogP contribution in [0.1, 0.15) is 124 Å². The minimum atomic E-state index is 0.634. The van der Waals surface area contributed by atoms with Crippen molar-refractivity contribution < 1.29 is 0 Å². The lowest BCUT2D eigenvalue weighted by Gasteiger charge is -2.13. The van der Waals surface area contributed by atoms with Gasteiger partial charge in [-0.15, -0.1) is 0 Å². The molecule has 2 heteroatoms. The number of nitrogens with zero attached hydrogens (tertiary/aromatic N) is 2. The fourth-order valence-electron chi connectivity index (χ4n) is 9.66. The number of aryl methyl sites for hydroxylation is 2. The fraction of sp³-hybridized carbons (Fsp3) is 0.235. The quantitative estimate of drug-likeness (QED) is 0.0386. The molecule has 8 rings (SSSR count). The zero-order valence-electron chi connectivity index (χ0n) is 41.3. The Morgan fingerprint density at radius 2 is 0.686 bits per heavy atom. The van der Waals surface area contributed by atoms with Gasteiger partial charge >= 0.3 is 0 Å². The van der Waals surface area contributed by atoms with Crippen molar-refractivity contribution in [2.45, 2.75) is 104 Å². The third kappa shape index (κ3) is 13.0. The summed E-state index contributed by atoms with van der Waals surface area (Å²) in [7, 11) is 0. The van der Waals surface area contributed by atoms with Crippen molar-refractivity contribution in [3.05, 3.63) is 215 Å². The molecule has 70 heavy (non-hydrogen) atoms. The highest BCUT2D eigenvalue weighted by atomic mass is 14.3. The number of fused-ring (bicyclic) bond motifs is 1. The molecule has 0 radical (unpaired) electrons. The highest BCUT2D eigenvalue weighted by Gasteiger charge is 2.12. The van der Waals surface area contributed by atoms with E-state index in [-0.39, 0.29) is 0 Å². The van der Waals surface area contributed by atoms with E-state index in [0.717, 1.165) is 68.5 Å². The average Bonchev–Trinajstić information content (AvgIpc) is 3.42. The second-order valence-electron chi connectivity index (χ2n) is 18.9. The van der Waals surface area contributed by atoms with Gasteiger partial charge in [0.2, 0.25) is 0 Å². The van der Waals surface area contributed by atoms with Gasteiger partial charge in [-0.25, -0.2) is 0 Å². The van der Waals surface area contributed by atoms with Crippen LogP contribution in [-0.2, 0) is 12.8 Å². The minimum absolute atomic E-state index is 0.634. The number of hydrogen-bond donors (Lipinski definition) is 0. The fourth-order valence-corrected chi connectivity index (χ4v) is 9.66. The maximum Gasteiger partial charge on any atom is 0.0998 e.